The van der Waals surface area contributed by atoms with Crippen LogP contribution in [0.15, 0.2) is 12.3 Å². The predicted molar refractivity (Wildman–Crippen MR) is 28.7 cm³/mol. The number of aromatic amines is 1. The van der Waals surface area contributed by atoms with Crippen LogP contribution in [-0.4, -0.2) is 27.0 Å². The second-order valence-corrected chi connectivity index (χ2v) is 1.53. The summed E-state index contributed by atoms with van der Waals surface area (Å²) in [4.78, 5) is 0. The van der Waals surface area contributed by atoms with Crippen molar-refractivity contribution >= 4 is 12.5 Å². The van der Waals surface area contributed by atoms with Crippen LogP contribution in [0.5, 0.6) is 0 Å². The second-order valence-electron chi connectivity index (χ2n) is 1.53. The van der Waals surface area contributed by atoms with Crippen LogP contribution in [-0.2, 0) is 0 Å². The number of hydrogen-bond donors (Lipinski definition) is 1. The summed E-state index contributed by atoms with van der Waals surface area (Å²) in [7, 11) is 1.72. The van der Waals surface area contributed by atoms with Crippen molar-refractivity contribution in [1.82, 2.24) is 19.9 Å². The first-order valence-corrected chi connectivity index (χ1v) is 2.30. The van der Waals surface area contributed by atoms with E-state index < -0.39 is 0 Å². The van der Waals surface area contributed by atoms with Crippen molar-refractivity contribution in [3.63, 3.8) is 0 Å². The first-order chi connectivity index (χ1) is 3.97. The number of nitrogens with one attached hydrogen (secondary N) is 1. The molecule has 0 saturated carbocycles. The Morgan fingerprint density at radius 1 is 1.75 bits per heavy atom. The van der Waals surface area contributed by atoms with Crippen LogP contribution in [0.3, 0.4) is 0 Å². The van der Waals surface area contributed by atoms with Crippen LogP contribution in [0.4, 0.5) is 0 Å². The zero-order valence-electron chi connectivity index (χ0n) is 4.07. The Bertz CT molecular complexity index is 233. The molecular formula is C3H3BN4. The molecular weight excluding hydrogens is 103 g/mol. The Balaban J connectivity index is 3.06. The van der Waals surface area contributed by atoms with Crippen molar-refractivity contribution in [3.8, 4) is 0 Å². The van der Waals surface area contributed by atoms with E-state index in [1.165, 1.54) is 0 Å². The van der Waals surface area contributed by atoms with Gasteiger partial charge in [0.2, 0.25) is 0 Å². The molecule has 0 aliphatic heterocycles. The number of rotatable bonds is 0. The van der Waals surface area contributed by atoms with Crippen LogP contribution in [0.25, 0.3) is 5.41 Å². The molecule has 0 aromatic carbocycles. The van der Waals surface area contributed by atoms with E-state index in [1.54, 1.807) is 17.9 Å². The molecule has 0 amide bonds. The third-order valence-corrected chi connectivity index (χ3v) is 1.02. The molecule has 8 heavy (non-hydrogen) atoms. The summed E-state index contributed by atoms with van der Waals surface area (Å²) < 4.78 is 1.60. The summed E-state index contributed by atoms with van der Waals surface area (Å²) in [6.45, 7) is 0. The summed E-state index contributed by atoms with van der Waals surface area (Å²) in [6.07, 6.45) is 1.72. The third kappa shape index (κ3) is 0.331. The van der Waals surface area contributed by atoms with E-state index >= 15 is 0 Å². The first-order valence-electron chi connectivity index (χ1n) is 2.30. The van der Waals surface area contributed by atoms with Gasteiger partial charge in [-0.3, -0.25) is 0 Å². The molecule has 0 fully saturated rings. The van der Waals surface area contributed by atoms with E-state index in [1.807, 2.05) is 6.07 Å². The summed E-state index contributed by atoms with van der Waals surface area (Å²) in [6, 6.07) is 1.88. The van der Waals surface area contributed by atoms with Gasteiger partial charge in [-0.15, -0.1) is 0 Å². The molecule has 5 heteroatoms. The van der Waals surface area contributed by atoms with E-state index in [9.17, 15) is 0 Å². The first kappa shape index (κ1) is 3.83. The Hall–Kier alpha value is -1.13. The fourth-order valence-corrected chi connectivity index (χ4v) is 0.645. The van der Waals surface area contributed by atoms with Crippen LogP contribution < -0.4 is 0 Å². The average molecular weight is 106 g/mol. The molecule has 0 unspecified atom stereocenters. The van der Waals surface area contributed by atoms with Crippen molar-refractivity contribution in [3.05, 3.63) is 12.3 Å². The van der Waals surface area contributed by atoms with Crippen molar-refractivity contribution in [1.29, 1.82) is 0 Å². The standard InChI is InChI=1S/C3H3BN4/c1-2-5-8-3(1)4-6-7-8/h1-2,7H. The molecule has 38 valence electrons. The predicted octanol–water partition coefficient (Wildman–Crippen LogP) is -0.605. The fourth-order valence-electron chi connectivity index (χ4n) is 0.645. The van der Waals surface area contributed by atoms with E-state index in [-0.39, 0.29) is 0 Å². The van der Waals surface area contributed by atoms with E-state index in [0.29, 0.717) is 0 Å². The van der Waals surface area contributed by atoms with Gasteiger partial charge in [0, 0.05) is 0 Å². The zero-order chi connectivity index (χ0) is 5.40. The molecule has 2 aromatic heterocycles. The number of nitrogens with zero attached hydrogens (tertiary/aromatic N) is 3. The molecule has 0 aliphatic rings. The van der Waals surface area contributed by atoms with Gasteiger partial charge in [0.25, 0.3) is 0 Å². The molecule has 2 heterocycles. The second kappa shape index (κ2) is 1.18. The summed E-state index contributed by atoms with van der Waals surface area (Å²) >= 11 is 0. The van der Waals surface area contributed by atoms with Gasteiger partial charge in [0.1, 0.15) is 0 Å². The monoisotopic (exact) mass is 106 g/mol. The van der Waals surface area contributed by atoms with Crippen LogP contribution >= 0.6 is 0 Å². The van der Waals surface area contributed by atoms with Gasteiger partial charge in [-0.25, -0.2) is 0 Å². The molecule has 2 aromatic rings. The summed E-state index contributed by atoms with van der Waals surface area (Å²) in [5, 5.41) is 10.3. The third-order valence-electron chi connectivity index (χ3n) is 1.02. The van der Waals surface area contributed by atoms with E-state index in [4.69, 9.17) is 0 Å². The van der Waals surface area contributed by atoms with Crippen LogP contribution in [0.2, 0.25) is 0 Å². The maximum absolute atomic E-state index is 3.88. The molecule has 0 bridgehead atoms. The topological polar surface area (TPSA) is 46.0 Å². The quantitative estimate of drug-likeness (QED) is 0.487. The van der Waals surface area contributed by atoms with Gasteiger partial charge < -0.3 is 0 Å². The fraction of sp³-hybridized carbons (Fsp3) is 0. The minimum atomic E-state index is 0.991. The number of hydrogen-bond acceptors (Lipinski definition) is 2. The van der Waals surface area contributed by atoms with Gasteiger partial charge in [-0.05, 0) is 0 Å². The summed E-state index contributed by atoms with van der Waals surface area (Å²) in [5.41, 5.74) is 0.991. The molecule has 0 atom stereocenters. The number of aromatic nitrogens is 4. The Kier molecular flexibility index (Phi) is 0.565. The molecule has 0 radical (unpaired) electrons. The normalized spacial score (nSPS) is 10.0. The van der Waals surface area contributed by atoms with Crippen molar-refractivity contribution in [2.24, 2.45) is 0 Å². The van der Waals surface area contributed by atoms with Gasteiger partial charge in [-0.2, -0.15) is 0 Å². The number of fused-ring (bicyclic) bond motifs is 1. The SMILES string of the molecule is b1n[nH]n2nccc12. The zero-order valence-corrected chi connectivity index (χ0v) is 4.07. The van der Waals surface area contributed by atoms with Crippen molar-refractivity contribution < 1.29 is 0 Å². The Labute approximate surface area is 45.7 Å². The summed E-state index contributed by atoms with van der Waals surface area (Å²) in [5.74, 6) is 0. The van der Waals surface area contributed by atoms with Gasteiger partial charge in [-0.1, -0.05) is 0 Å². The van der Waals surface area contributed by atoms with Gasteiger partial charge in [0.05, 0.1) is 0 Å². The van der Waals surface area contributed by atoms with Crippen molar-refractivity contribution in [2.75, 3.05) is 0 Å². The van der Waals surface area contributed by atoms with Crippen molar-refractivity contribution in [2.45, 2.75) is 0 Å². The van der Waals surface area contributed by atoms with Crippen LogP contribution in [0, 0.1) is 0 Å². The Morgan fingerprint density at radius 2 is 2.75 bits per heavy atom. The molecule has 0 aliphatic carbocycles. The van der Waals surface area contributed by atoms with Gasteiger partial charge in [0.15, 0.2) is 0 Å². The number of H-pyrrole nitrogens is 1. The molecule has 4 nitrogen and oxygen atoms in total. The molecule has 0 saturated heterocycles. The maximum atomic E-state index is 3.88. The van der Waals surface area contributed by atoms with E-state index in [0.717, 1.165) is 5.41 Å². The Morgan fingerprint density at radius 3 is 3.62 bits per heavy atom. The average Bonchev–Trinajstić information content (AvgIpc) is 2.15. The molecule has 2 rings (SSSR count). The van der Waals surface area contributed by atoms with Crippen LogP contribution in [0.1, 0.15) is 0 Å². The molecule has 1 N–H and O–H groups in total. The van der Waals surface area contributed by atoms with Gasteiger partial charge >= 0.3 is 44.7 Å². The minimum absolute atomic E-state index is 0.991. The molecule has 0 spiro atoms. The van der Waals surface area contributed by atoms with E-state index in [2.05, 4.69) is 15.3 Å².